The van der Waals surface area contributed by atoms with E-state index in [-0.39, 0.29) is 11.7 Å². The van der Waals surface area contributed by atoms with Gasteiger partial charge in [-0.15, -0.1) is 0 Å². The number of aryl methyl sites for hydroxylation is 1. The first kappa shape index (κ1) is 13.1. The number of hydrogen-bond acceptors (Lipinski definition) is 2. The van der Waals surface area contributed by atoms with Gasteiger partial charge in [0.05, 0.1) is 6.42 Å². The fraction of sp³-hybridized carbons (Fsp3) is 0.125. The lowest BCUT2D eigenvalue weighted by Gasteiger charge is -2.07. The molecular weight excluding hydrogens is 318 g/mol. The predicted octanol–water partition coefficient (Wildman–Crippen LogP) is 3.48. The second kappa shape index (κ2) is 4.87. The van der Waals surface area contributed by atoms with E-state index in [1.165, 1.54) is 0 Å². The summed E-state index contributed by atoms with van der Waals surface area (Å²) in [5.41, 5.74) is 3.95. The van der Waals surface area contributed by atoms with Gasteiger partial charge in [0, 0.05) is 21.3 Å². The molecule has 1 N–H and O–H groups in total. The molecule has 0 unspecified atom stereocenters. The van der Waals surface area contributed by atoms with Crippen LogP contribution in [0.15, 0.2) is 40.9 Å². The monoisotopic (exact) mass is 329 g/mol. The highest BCUT2D eigenvalue weighted by molar-refractivity contribution is 9.10. The molecule has 1 aliphatic rings. The number of fused-ring (bicyclic) bond motifs is 1. The molecule has 0 aromatic heterocycles. The first-order valence-electron chi connectivity index (χ1n) is 6.29. The lowest BCUT2D eigenvalue weighted by molar-refractivity contribution is -0.115. The fourth-order valence-electron chi connectivity index (χ4n) is 2.35. The number of carbonyl (C=O) groups is 2. The maximum atomic E-state index is 12.6. The summed E-state index contributed by atoms with van der Waals surface area (Å²) in [4.78, 5) is 23.9. The van der Waals surface area contributed by atoms with Crippen LogP contribution in [0.3, 0.4) is 0 Å². The van der Waals surface area contributed by atoms with Crippen LogP contribution in [-0.2, 0) is 11.2 Å². The molecule has 2 aromatic carbocycles. The number of hydrogen-bond donors (Lipinski definition) is 1. The third-order valence-electron chi connectivity index (χ3n) is 3.43. The summed E-state index contributed by atoms with van der Waals surface area (Å²) < 4.78 is 0.819. The van der Waals surface area contributed by atoms with Crippen LogP contribution in [-0.4, -0.2) is 11.7 Å². The summed E-state index contributed by atoms with van der Waals surface area (Å²) >= 11 is 3.46. The molecule has 0 saturated carbocycles. The average molecular weight is 330 g/mol. The molecule has 3 rings (SSSR count). The predicted molar refractivity (Wildman–Crippen MR) is 81.1 cm³/mol. The van der Waals surface area contributed by atoms with Crippen LogP contribution in [0.2, 0.25) is 0 Å². The number of rotatable bonds is 2. The first-order valence-corrected chi connectivity index (χ1v) is 7.08. The maximum Gasteiger partial charge on any atom is 0.228 e. The Morgan fingerprint density at radius 2 is 2.05 bits per heavy atom. The van der Waals surface area contributed by atoms with Gasteiger partial charge in [-0.1, -0.05) is 12.1 Å². The Labute approximate surface area is 125 Å². The van der Waals surface area contributed by atoms with Crippen molar-refractivity contribution in [3.8, 4) is 0 Å². The first-order chi connectivity index (χ1) is 9.56. The van der Waals surface area contributed by atoms with Crippen molar-refractivity contribution in [2.75, 3.05) is 5.32 Å². The van der Waals surface area contributed by atoms with E-state index in [1.807, 2.05) is 19.1 Å². The van der Waals surface area contributed by atoms with E-state index >= 15 is 0 Å². The van der Waals surface area contributed by atoms with Crippen LogP contribution in [0.25, 0.3) is 0 Å². The zero-order valence-corrected chi connectivity index (χ0v) is 12.5. The van der Waals surface area contributed by atoms with Crippen LogP contribution in [0.1, 0.15) is 27.0 Å². The Kier molecular flexibility index (Phi) is 3.18. The number of benzene rings is 2. The molecule has 0 radical (unpaired) electrons. The summed E-state index contributed by atoms with van der Waals surface area (Å²) in [6, 6.07) is 11.0. The molecule has 0 spiro atoms. The highest BCUT2D eigenvalue weighted by Gasteiger charge is 2.20. The number of carbonyl (C=O) groups excluding carboxylic acids is 2. The second-order valence-electron chi connectivity index (χ2n) is 4.86. The van der Waals surface area contributed by atoms with E-state index in [2.05, 4.69) is 21.2 Å². The summed E-state index contributed by atoms with van der Waals surface area (Å²) in [5.74, 6) is -0.0657. The zero-order valence-electron chi connectivity index (χ0n) is 10.9. The van der Waals surface area contributed by atoms with Crippen LogP contribution in [0, 0.1) is 6.92 Å². The molecule has 2 aromatic rings. The maximum absolute atomic E-state index is 12.6. The second-order valence-corrected chi connectivity index (χ2v) is 5.66. The Morgan fingerprint density at radius 1 is 1.25 bits per heavy atom. The van der Waals surface area contributed by atoms with Gasteiger partial charge < -0.3 is 5.32 Å². The van der Waals surface area contributed by atoms with Crippen molar-refractivity contribution in [3.05, 3.63) is 63.1 Å². The normalized spacial score (nSPS) is 13.0. The third kappa shape index (κ3) is 2.16. The van der Waals surface area contributed by atoms with Crippen LogP contribution in [0.5, 0.6) is 0 Å². The molecule has 0 fully saturated rings. The lowest BCUT2D eigenvalue weighted by atomic mass is 9.99. The molecule has 20 heavy (non-hydrogen) atoms. The van der Waals surface area contributed by atoms with Gasteiger partial charge in [0.15, 0.2) is 5.78 Å². The van der Waals surface area contributed by atoms with Gasteiger partial charge in [-0.25, -0.2) is 0 Å². The fourth-order valence-corrected chi connectivity index (χ4v) is 2.79. The largest absolute Gasteiger partial charge is 0.326 e. The van der Waals surface area contributed by atoms with E-state index < -0.39 is 0 Å². The number of ketones is 1. The summed E-state index contributed by atoms with van der Waals surface area (Å²) in [7, 11) is 0. The van der Waals surface area contributed by atoms with Crippen LogP contribution >= 0.6 is 15.9 Å². The van der Waals surface area contributed by atoms with E-state index in [0.29, 0.717) is 17.5 Å². The molecule has 3 nitrogen and oxygen atoms in total. The van der Waals surface area contributed by atoms with Gasteiger partial charge in [-0.05, 0) is 58.2 Å². The smallest absolute Gasteiger partial charge is 0.228 e. The third-order valence-corrected chi connectivity index (χ3v) is 4.48. The molecule has 0 saturated heterocycles. The quantitative estimate of drug-likeness (QED) is 0.857. The minimum absolute atomic E-state index is 0.0265. The number of nitrogens with one attached hydrogen (secondary N) is 1. The Balaban J connectivity index is 2.02. The van der Waals surface area contributed by atoms with Gasteiger partial charge in [0.25, 0.3) is 0 Å². The van der Waals surface area contributed by atoms with E-state index in [9.17, 15) is 9.59 Å². The molecule has 0 atom stereocenters. The molecule has 0 bridgehead atoms. The van der Waals surface area contributed by atoms with Crippen molar-refractivity contribution >= 4 is 33.3 Å². The SMILES string of the molecule is Cc1cccc(C(=O)c2ccc3c(c2)CC(=O)N3)c1Br. The molecule has 0 aliphatic carbocycles. The zero-order chi connectivity index (χ0) is 14.3. The standard InChI is InChI=1S/C16H12BrNO2/c1-9-3-2-4-12(15(9)17)16(20)10-5-6-13-11(7-10)8-14(19)18-13/h2-7H,8H2,1H3,(H,18,19). The molecule has 4 heteroatoms. The number of amides is 1. The van der Waals surface area contributed by atoms with Crippen molar-refractivity contribution in [1.29, 1.82) is 0 Å². The highest BCUT2D eigenvalue weighted by atomic mass is 79.9. The van der Waals surface area contributed by atoms with Crippen molar-refractivity contribution < 1.29 is 9.59 Å². The summed E-state index contributed by atoms with van der Waals surface area (Å²) in [6.07, 6.45) is 0.339. The highest BCUT2D eigenvalue weighted by Crippen LogP contribution is 2.27. The van der Waals surface area contributed by atoms with E-state index in [4.69, 9.17) is 0 Å². The van der Waals surface area contributed by atoms with Gasteiger partial charge >= 0.3 is 0 Å². The van der Waals surface area contributed by atoms with E-state index in [0.717, 1.165) is 21.3 Å². The van der Waals surface area contributed by atoms with Crippen LogP contribution < -0.4 is 5.32 Å². The van der Waals surface area contributed by atoms with Gasteiger partial charge in [-0.2, -0.15) is 0 Å². The Morgan fingerprint density at radius 3 is 2.85 bits per heavy atom. The Hall–Kier alpha value is -1.94. The lowest BCUT2D eigenvalue weighted by Crippen LogP contribution is -2.03. The van der Waals surface area contributed by atoms with Crippen molar-refractivity contribution in [3.63, 3.8) is 0 Å². The van der Waals surface area contributed by atoms with Crippen LogP contribution in [0.4, 0.5) is 5.69 Å². The minimum atomic E-state index is -0.0391. The molecule has 1 aliphatic heterocycles. The minimum Gasteiger partial charge on any atom is -0.326 e. The van der Waals surface area contributed by atoms with E-state index in [1.54, 1.807) is 24.3 Å². The molecule has 1 amide bonds. The molecular formula is C16H12BrNO2. The number of anilines is 1. The molecule has 100 valence electrons. The summed E-state index contributed by atoms with van der Waals surface area (Å²) in [5, 5.41) is 2.76. The average Bonchev–Trinajstić information content (AvgIpc) is 2.80. The topological polar surface area (TPSA) is 46.2 Å². The molecule has 1 heterocycles. The Bertz CT molecular complexity index is 737. The van der Waals surface area contributed by atoms with Crippen molar-refractivity contribution in [1.82, 2.24) is 0 Å². The summed E-state index contributed by atoms with van der Waals surface area (Å²) in [6.45, 7) is 1.95. The van der Waals surface area contributed by atoms with Crippen molar-refractivity contribution in [2.24, 2.45) is 0 Å². The number of halogens is 1. The van der Waals surface area contributed by atoms with Crippen molar-refractivity contribution in [2.45, 2.75) is 13.3 Å². The van der Waals surface area contributed by atoms with Gasteiger partial charge in [0.1, 0.15) is 0 Å². The van der Waals surface area contributed by atoms with Gasteiger partial charge in [-0.3, -0.25) is 9.59 Å². The van der Waals surface area contributed by atoms with Gasteiger partial charge in [0.2, 0.25) is 5.91 Å².